The van der Waals surface area contributed by atoms with Crippen LogP contribution in [0.4, 0.5) is 0 Å². The quantitative estimate of drug-likeness (QED) is 0.776. The van der Waals surface area contributed by atoms with Crippen LogP contribution >= 0.6 is 0 Å². The molecule has 3 heteroatoms. The summed E-state index contributed by atoms with van der Waals surface area (Å²) < 4.78 is 0. The van der Waals surface area contributed by atoms with Crippen molar-refractivity contribution < 1.29 is 5.11 Å². The summed E-state index contributed by atoms with van der Waals surface area (Å²) in [6.07, 6.45) is 6.91. The molecule has 1 aliphatic heterocycles. The fourth-order valence-corrected chi connectivity index (χ4v) is 2.62. The highest BCUT2D eigenvalue weighted by Crippen LogP contribution is 2.21. The summed E-state index contributed by atoms with van der Waals surface area (Å²) in [6.45, 7) is 8.33. The maximum absolute atomic E-state index is 9.59. The standard InChI is InChI=1S/C14H30N2O/c1-12(17)11-13-7-5-4-6-9-16(13)10-8-14(2,3)15/h12-13,17H,4-11,15H2,1-3H3. The first-order valence-corrected chi connectivity index (χ1v) is 7.09. The van der Waals surface area contributed by atoms with Gasteiger partial charge in [0, 0.05) is 18.1 Å². The minimum absolute atomic E-state index is 0.0817. The van der Waals surface area contributed by atoms with Crippen molar-refractivity contribution in [1.82, 2.24) is 4.90 Å². The molecule has 0 bridgehead atoms. The van der Waals surface area contributed by atoms with Gasteiger partial charge < -0.3 is 15.7 Å². The van der Waals surface area contributed by atoms with E-state index in [2.05, 4.69) is 18.7 Å². The predicted molar refractivity (Wildman–Crippen MR) is 73.0 cm³/mol. The van der Waals surface area contributed by atoms with Gasteiger partial charge in [-0.1, -0.05) is 12.8 Å². The number of aliphatic hydroxyl groups is 1. The van der Waals surface area contributed by atoms with Crippen molar-refractivity contribution in [3.8, 4) is 0 Å². The predicted octanol–water partition coefficient (Wildman–Crippen LogP) is 2.13. The smallest absolute Gasteiger partial charge is 0.0527 e. The lowest BCUT2D eigenvalue weighted by Crippen LogP contribution is -2.42. The topological polar surface area (TPSA) is 49.5 Å². The minimum Gasteiger partial charge on any atom is -0.393 e. The molecule has 0 aromatic rings. The molecule has 17 heavy (non-hydrogen) atoms. The summed E-state index contributed by atoms with van der Waals surface area (Å²) in [5.74, 6) is 0. The van der Waals surface area contributed by atoms with E-state index in [4.69, 9.17) is 5.73 Å². The Labute approximate surface area is 106 Å². The molecule has 2 unspecified atom stereocenters. The maximum Gasteiger partial charge on any atom is 0.0527 e. The third-order valence-electron chi connectivity index (χ3n) is 3.66. The van der Waals surface area contributed by atoms with Gasteiger partial charge in [0.2, 0.25) is 0 Å². The molecular formula is C14H30N2O. The first-order valence-electron chi connectivity index (χ1n) is 7.09. The molecule has 1 saturated heterocycles. The summed E-state index contributed by atoms with van der Waals surface area (Å²) in [4.78, 5) is 2.55. The zero-order valence-corrected chi connectivity index (χ0v) is 11.8. The molecule has 3 nitrogen and oxygen atoms in total. The first-order chi connectivity index (χ1) is 7.88. The van der Waals surface area contributed by atoms with E-state index in [1.165, 1.54) is 32.2 Å². The van der Waals surface area contributed by atoms with Gasteiger partial charge in [0.15, 0.2) is 0 Å². The third-order valence-corrected chi connectivity index (χ3v) is 3.66. The third kappa shape index (κ3) is 6.39. The molecular weight excluding hydrogens is 212 g/mol. The zero-order chi connectivity index (χ0) is 12.9. The molecule has 0 aliphatic carbocycles. The van der Waals surface area contributed by atoms with Crippen molar-refractivity contribution in [3.05, 3.63) is 0 Å². The largest absolute Gasteiger partial charge is 0.393 e. The highest BCUT2D eigenvalue weighted by Gasteiger charge is 2.23. The van der Waals surface area contributed by atoms with E-state index in [0.29, 0.717) is 6.04 Å². The van der Waals surface area contributed by atoms with Gasteiger partial charge >= 0.3 is 0 Å². The van der Waals surface area contributed by atoms with E-state index in [1.54, 1.807) is 0 Å². The van der Waals surface area contributed by atoms with Gasteiger partial charge in [-0.25, -0.2) is 0 Å². The molecule has 0 amide bonds. The van der Waals surface area contributed by atoms with Crippen molar-refractivity contribution in [2.45, 2.75) is 77.0 Å². The summed E-state index contributed by atoms with van der Waals surface area (Å²) in [7, 11) is 0. The molecule has 1 heterocycles. The number of likely N-dealkylation sites (tertiary alicyclic amines) is 1. The number of hydrogen-bond donors (Lipinski definition) is 2. The Bertz CT molecular complexity index is 211. The molecule has 1 fully saturated rings. The molecule has 0 aromatic heterocycles. The van der Waals surface area contributed by atoms with Crippen molar-refractivity contribution in [1.29, 1.82) is 0 Å². The Morgan fingerprint density at radius 2 is 2.06 bits per heavy atom. The monoisotopic (exact) mass is 242 g/mol. The minimum atomic E-state index is -0.188. The summed E-state index contributed by atoms with van der Waals surface area (Å²) >= 11 is 0. The Kier molecular flexibility index (Phi) is 5.90. The van der Waals surface area contributed by atoms with Gasteiger partial charge in [-0.15, -0.1) is 0 Å². The Morgan fingerprint density at radius 3 is 2.65 bits per heavy atom. The van der Waals surface area contributed by atoms with E-state index in [-0.39, 0.29) is 11.6 Å². The average molecular weight is 242 g/mol. The lowest BCUT2D eigenvalue weighted by atomic mass is 9.99. The summed E-state index contributed by atoms with van der Waals surface area (Å²) in [6, 6.07) is 0.555. The van der Waals surface area contributed by atoms with Crippen LogP contribution in [0.5, 0.6) is 0 Å². The van der Waals surface area contributed by atoms with Crippen molar-refractivity contribution in [2.24, 2.45) is 5.73 Å². The summed E-state index contributed by atoms with van der Waals surface area (Å²) in [5.41, 5.74) is 5.98. The molecule has 2 atom stereocenters. The number of nitrogens with two attached hydrogens (primary N) is 1. The van der Waals surface area contributed by atoms with E-state index < -0.39 is 0 Å². The molecule has 0 saturated carbocycles. The van der Waals surface area contributed by atoms with Crippen LogP contribution in [-0.2, 0) is 0 Å². The van der Waals surface area contributed by atoms with Crippen LogP contribution < -0.4 is 5.73 Å². The number of nitrogens with zero attached hydrogens (tertiary/aromatic N) is 1. The van der Waals surface area contributed by atoms with Crippen LogP contribution in [0.15, 0.2) is 0 Å². The van der Waals surface area contributed by atoms with Gasteiger partial charge in [-0.05, 0) is 53.0 Å². The Hall–Kier alpha value is -0.120. The van der Waals surface area contributed by atoms with E-state index in [9.17, 15) is 5.11 Å². The van der Waals surface area contributed by atoms with Crippen LogP contribution in [0.2, 0.25) is 0 Å². The van der Waals surface area contributed by atoms with Crippen molar-refractivity contribution in [3.63, 3.8) is 0 Å². The van der Waals surface area contributed by atoms with Gasteiger partial charge in [0.05, 0.1) is 6.10 Å². The molecule has 3 N–H and O–H groups in total. The number of hydrogen-bond acceptors (Lipinski definition) is 3. The van der Waals surface area contributed by atoms with Gasteiger partial charge in [-0.2, -0.15) is 0 Å². The molecule has 0 radical (unpaired) electrons. The second-order valence-electron chi connectivity index (χ2n) is 6.36. The zero-order valence-electron chi connectivity index (χ0n) is 11.8. The highest BCUT2D eigenvalue weighted by molar-refractivity contribution is 4.80. The molecule has 0 aromatic carbocycles. The van der Waals surface area contributed by atoms with Gasteiger partial charge in [0.1, 0.15) is 0 Å². The first kappa shape index (κ1) is 14.9. The van der Waals surface area contributed by atoms with Crippen LogP contribution in [0.1, 0.15) is 59.3 Å². The lowest BCUT2D eigenvalue weighted by Gasteiger charge is -2.33. The maximum atomic E-state index is 9.59. The normalized spacial score (nSPS) is 25.6. The lowest BCUT2D eigenvalue weighted by molar-refractivity contribution is 0.108. The Balaban J connectivity index is 2.49. The average Bonchev–Trinajstić information content (AvgIpc) is 2.38. The fraction of sp³-hybridized carbons (Fsp3) is 1.00. The number of aliphatic hydroxyl groups excluding tert-OH is 1. The van der Waals surface area contributed by atoms with Crippen LogP contribution in [0.3, 0.4) is 0 Å². The van der Waals surface area contributed by atoms with Crippen molar-refractivity contribution in [2.75, 3.05) is 13.1 Å². The van der Waals surface area contributed by atoms with Crippen LogP contribution in [0, 0.1) is 0 Å². The molecule has 102 valence electrons. The SMILES string of the molecule is CC(O)CC1CCCCCN1CCC(C)(C)N. The second kappa shape index (κ2) is 6.72. The van der Waals surface area contributed by atoms with Gasteiger partial charge in [-0.3, -0.25) is 0 Å². The molecule has 1 rings (SSSR count). The van der Waals surface area contributed by atoms with Crippen molar-refractivity contribution >= 4 is 0 Å². The van der Waals surface area contributed by atoms with E-state index in [1.807, 2.05) is 6.92 Å². The highest BCUT2D eigenvalue weighted by atomic mass is 16.3. The summed E-state index contributed by atoms with van der Waals surface area (Å²) in [5, 5.41) is 9.59. The van der Waals surface area contributed by atoms with Crippen LogP contribution in [-0.4, -0.2) is 40.8 Å². The van der Waals surface area contributed by atoms with E-state index in [0.717, 1.165) is 19.4 Å². The molecule has 0 spiro atoms. The Morgan fingerprint density at radius 1 is 1.35 bits per heavy atom. The van der Waals surface area contributed by atoms with Gasteiger partial charge in [0.25, 0.3) is 0 Å². The fourth-order valence-electron chi connectivity index (χ4n) is 2.62. The van der Waals surface area contributed by atoms with Crippen LogP contribution in [0.25, 0.3) is 0 Å². The van der Waals surface area contributed by atoms with E-state index >= 15 is 0 Å². The number of rotatable bonds is 5. The second-order valence-corrected chi connectivity index (χ2v) is 6.36. The molecule has 1 aliphatic rings.